The zero-order valence-electron chi connectivity index (χ0n) is 16.5. The van der Waals surface area contributed by atoms with Gasteiger partial charge < -0.3 is 24.5 Å². The van der Waals surface area contributed by atoms with E-state index >= 15 is 0 Å². The zero-order chi connectivity index (χ0) is 19.2. The second kappa shape index (κ2) is 9.68. The molecule has 27 heavy (non-hydrogen) atoms. The minimum Gasteiger partial charge on any atom is -0.389 e. The van der Waals surface area contributed by atoms with Crippen LogP contribution in [0.2, 0.25) is 0 Å². The van der Waals surface area contributed by atoms with E-state index in [4.69, 9.17) is 9.47 Å². The van der Waals surface area contributed by atoms with E-state index in [0.717, 1.165) is 57.6 Å². The van der Waals surface area contributed by atoms with Crippen LogP contribution < -0.4 is 5.32 Å². The van der Waals surface area contributed by atoms with Crippen molar-refractivity contribution in [1.29, 1.82) is 0 Å². The van der Waals surface area contributed by atoms with Crippen LogP contribution in [0.4, 0.5) is 0 Å². The summed E-state index contributed by atoms with van der Waals surface area (Å²) in [5.74, 6) is -0.0731. The van der Waals surface area contributed by atoms with Gasteiger partial charge in [0.05, 0.1) is 24.9 Å². The van der Waals surface area contributed by atoms with E-state index in [1.54, 1.807) is 7.05 Å². The van der Waals surface area contributed by atoms with Crippen LogP contribution in [0.15, 0.2) is 12.1 Å². The average molecular weight is 380 g/mol. The average Bonchev–Trinajstić information content (AvgIpc) is 3.08. The fourth-order valence-corrected chi connectivity index (χ4v) is 4.18. The maximum absolute atomic E-state index is 12.0. The van der Waals surface area contributed by atoms with Crippen LogP contribution in [0.5, 0.6) is 0 Å². The summed E-state index contributed by atoms with van der Waals surface area (Å²) in [6.45, 7) is 3.41. The third kappa shape index (κ3) is 5.10. The molecule has 0 aliphatic carbocycles. The standard InChI is InChI=1S/C20H33N3O4/c1-21-20(25)19-7-6-17(22(19)2)18-5-3-4-10-23(18)13-15(24)14-27-16-8-11-26-12-9-16/h6-7,15-16,18,24H,3-5,8-14H2,1-2H3,(H,21,25)/t15-,18-/m0/s1. The fourth-order valence-electron chi connectivity index (χ4n) is 4.18. The summed E-state index contributed by atoms with van der Waals surface area (Å²) in [7, 11) is 3.59. The molecule has 1 aromatic rings. The Morgan fingerprint density at radius 1 is 1.33 bits per heavy atom. The SMILES string of the molecule is CNC(=O)c1ccc([C@@H]2CCCCN2C[C@H](O)COC2CCOCC2)n1C. The van der Waals surface area contributed by atoms with Gasteiger partial charge in [-0.15, -0.1) is 0 Å². The van der Waals surface area contributed by atoms with Crippen LogP contribution in [0, 0.1) is 0 Å². The minimum atomic E-state index is -0.507. The van der Waals surface area contributed by atoms with E-state index in [-0.39, 0.29) is 18.1 Å². The Morgan fingerprint density at radius 2 is 2.11 bits per heavy atom. The number of hydrogen-bond acceptors (Lipinski definition) is 5. The van der Waals surface area contributed by atoms with Crippen molar-refractivity contribution >= 4 is 5.91 Å². The molecule has 3 heterocycles. The first kappa shape index (κ1) is 20.3. The second-order valence-corrected chi connectivity index (χ2v) is 7.59. The van der Waals surface area contributed by atoms with Crippen LogP contribution in [0.25, 0.3) is 0 Å². The maximum atomic E-state index is 12.0. The molecule has 152 valence electrons. The Labute approximate surface area is 161 Å². The lowest BCUT2D eigenvalue weighted by molar-refractivity contribution is -0.0676. The van der Waals surface area contributed by atoms with Crippen molar-refractivity contribution in [3.05, 3.63) is 23.5 Å². The van der Waals surface area contributed by atoms with E-state index in [0.29, 0.717) is 18.8 Å². The van der Waals surface area contributed by atoms with Gasteiger partial charge in [-0.1, -0.05) is 6.42 Å². The van der Waals surface area contributed by atoms with Crippen molar-refractivity contribution < 1.29 is 19.4 Å². The molecule has 0 spiro atoms. The number of rotatable bonds is 7. The van der Waals surface area contributed by atoms with E-state index in [1.807, 2.05) is 23.7 Å². The summed E-state index contributed by atoms with van der Waals surface area (Å²) in [6, 6.07) is 4.14. The molecule has 2 aliphatic heterocycles. The van der Waals surface area contributed by atoms with E-state index in [2.05, 4.69) is 10.2 Å². The molecule has 1 aromatic heterocycles. The smallest absolute Gasteiger partial charge is 0.267 e. The molecule has 0 radical (unpaired) electrons. The van der Waals surface area contributed by atoms with Crippen LogP contribution in [-0.2, 0) is 16.5 Å². The number of piperidine rings is 1. The molecule has 2 atom stereocenters. The van der Waals surface area contributed by atoms with E-state index in [9.17, 15) is 9.90 Å². The first-order chi connectivity index (χ1) is 13.1. The highest BCUT2D eigenvalue weighted by atomic mass is 16.5. The number of likely N-dealkylation sites (tertiary alicyclic amines) is 1. The first-order valence-electron chi connectivity index (χ1n) is 10.1. The molecule has 2 N–H and O–H groups in total. The minimum absolute atomic E-state index is 0.0731. The number of carbonyl (C=O) groups excluding carboxylic acids is 1. The van der Waals surface area contributed by atoms with Gasteiger partial charge in [0.1, 0.15) is 5.69 Å². The molecule has 2 saturated heterocycles. The normalized spacial score (nSPS) is 23.3. The largest absolute Gasteiger partial charge is 0.389 e. The molecule has 7 nitrogen and oxygen atoms in total. The highest BCUT2D eigenvalue weighted by molar-refractivity contribution is 5.92. The Bertz CT molecular complexity index is 612. The van der Waals surface area contributed by atoms with Crippen LogP contribution >= 0.6 is 0 Å². The van der Waals surface area contributed by atoms with Gasteiger partial charge in [-0.3, -0.25) is 9.69 Å². The number of aliphatic hydroxyl groups is 1. The number of aliphatic hydroxyl groups excluding tert-OH is 1. The highest BCUT2D eigenvalue weighted by Crippen LogP contribution is 2.32. The van der Waals surface area contributed by atoms with Gasteiger partial charge >= 0.3 is 0 Å². The molecule has 1 amide bonds. The topological polar surface area (TPSA) is 76.0 Å². The van der Waals surface area contributed by atoms with E-state index < -0.39 is 6.10 Å². The Balaban J connectivity index is 1.60. The summed E-state index contributed by atoms with van der Waals surface area (Å²) in [5.41, 5.74) is 1.80. The molecule has 0 saturated carbocycles. The van der Waals surface area contributed by atoms with Gasteiger partial charge in [0.15, 0.2) is 0 Å². The number of β-amino-alcohol motifs (C(OH)–C–C–N with tert-alkyl or cyclic N) is 1. The summed E-state index contributed by atoms with van der Waals surface area (Å²) in [6.07, 6.45) is 4.85. The third-order valence-corrected chi connectivity index (χ3v) is 5.71. The fraction of sp³-hybridized carbons (Fsp3) is 0.750. The second-order valence-electron chi connectivity index (χ2n) is 7.59. The summed E-state index contributed by atoms with van der Waals surface area (Å²) in [4.78, 5) is 14.4. The number of ether oxygens (including phenoxy) is 2. The van der Waals surface area contributed by atoms with Gasteiger partial charge in [-0.05, 0) is 44.4 Å². The third-order valence-electron chi connectivity index (χ3n) is 5.71. The lowest BCUT2D eigenvalue weighted by Gasteiger charge is -2.37. The predicted octanol–water partition coefficient (Wildman–Crippen LogP) is 1.47. The first-order valence-corrected chi connectivity index (χ1v) is 10.1. The van der Waals surface area contributed by atoms with Gasteiger partial charge in [-0.2, -0.15) is 0 Å². The van der Waals surface area contributed by atoms with Gasteiger partial charge in [0.2, 0.25) is 0 Å². The van der Waals surface area contributed by atoms with Gasteiger partial charge in [0.25, 0.3) is 5.91 Å². The number of amides is 1. The molecule has 0 unspecified atom stereocenters. The lowest BCUT2D eigenvalue weighted by Crippen LogP contribution is -2.41. The Hall–Kier alpha value is -1.41. The van der Waals surface area contributed by atoms with Crippen molar-refractivity contribution in [2.45, 2.75) is 50.4 Å². The summed E-state index contributed by atoms with van der Waals surface area (Å²) < 4.78 is 13.2. The molecule has 0 aromatic carbocycles. The van der Waals surface area contributed by atoms with Crippen molar-refractivity contribution in [3.63, 3.8) is 0 Å². The van der Waals surface area contributed by atoms with Crippen LogP contribution in [-0.4, -0.2) is 72.6 Å². The van der Waals surface area contributed by atoms with Crippen molar-refractivity contribution in [1.82, 2.24) is 14.8 Å². The monoisotopic (exact) mass is 379 g/mol. The predicted molar refractivity (Wildman–Crippen MR) is 103 cm³/mol. The number of carbonyl (C=O) groups is 1. The quantitative estimate of drug-likeness (QED) is 0.750. The number of nitrogens with one attached hydrogen (secondary N) is 1. The molecular formula is C20H33N3O4. The Kier molecular flexibility index (Phi) is 7.29. The number of hydrogen-bond donors (Lipinski definition) is 2. The van der Waals surface area contributed by atoms with Crippen molar-refractivity contribution in [3.8, 4) is 0 Å². The number of aromatic nitrogens is 1. The molecule has 3 rings (SSSR count). The summed E-state index contributed by atoms with van der Waals surface area (Å²) >= 11 is 0. The van der Waals surface area contributed by atoms with Crippen LogP contribution in [0.3, 0.4) is 0 Å². The van der Waals surface area contributed by atoms with Crippen LogP contribution in [0.1, 0.15) is 54.3 Å². The highest BCUT2D eigenvalue weighted by Gasteiger charge is 2.29. The Morgan fingerprint density at radius 3 is 2.85 bits per heavy atom. The van der Waals surface area contributed by atoms with Crippen molar-refractivity contribution in [2.24, 2.45) is 7.05 Å². The molecule has 2 aliphatic rings. The molecular weight excluding hydrogens is 346 g/mol. The van der Waals surface area contributed by atoms with Gasteiger partial charge in [0, 0.05) is 39.5 Å². The number of nitrogens with zero attached hydrogens (tertiary/aromatic N) is 2. The lowest BCUT2D eigenvalue weighted by atomic mass is 9.99. The maximum Gasteiger partial charge on any atom is 0.267 e. The van der Waals surface area contributed by atoms with Crippen molar-refractivity contribution in [2.75, 3.05) is 40.0 Å². The van der Waals surface area contributed by atoms with E-state index in [1.165, 1.54) is 0 Å². The summed E-state index contributed by atoms with van der Waals surface area (Å²) in [5, 5.41) is 13.2. The van der Waals surface area contributed by atoms with Gasteiger partial charge in [-0.25, -0.2) is 0 Å². The molecule has 7 heteroatoms. The molecule has 0 bridgehead atoms. The molecule has 2 fully saturated rings. The zero-order valence-corrected chi connectivity index (χ0v) is 16.5.